The average molecular weight is 428 g/mol. The summed E-state index contributed by atoms with van der Waals surface area (Å²) in [7, 11) is 3.84. The Morgan fingerprint density at radius 2 is 1.78 bits per heavy atom. The van der Waals surface area contributed by atoms with Gasteiger partial charge in [0, 0.05) is 18.6 Å². The number of para-hydroxylation sites is 1. The van der Waals surface area contributed by atoms with E-state index in [0.717, 1.165) is 20.6 Å². The van der Waals surface area contributed by atoms with Gasteiger partial charge in [-0.1, -0.05) is 24.3 Å². The molecule has 6 nitrogen and oxygen atoms in total. The summed E-state index contributed by atoms with van der Waals surface area (Å²) in [5.41, 5.74) is 2.75. The lowest BCUT2D eigenvalue weighted by Crippen LogP contribution is -2.54. The number of barbiturate groups is 1. The number of imide groups is 2. The first-order chi connectivity index (χ1) is 12.8. The molecule has 2 aromatic carbocycles. The van der Waals surface area contributed by atoms with Crippen molar-refractivity contribution in [2.45, 2.75) is 6.92 Å². The number of halogens is 1. The Labute approximate surface area is 165 Å². The Morgan fingerprint density at radius 3 is 2.41 bits per heavy atom. The van der Waals surface area contributed by atoms with Crippen LogP contribution >= 0.6 is 15.9 Å². The maximum atomic E-state index is 12.9. The summed E-state index contributed by atoms with van der Waals surface area (Å²) in [5, 5.41) is 2.24. The molecule has 0 aromatic heterocycles. The quantitative estimate of drug-likeness (QED) is 0.601. The molecule has 0 atom stereocenters. The van der Waals surface area contributed by atoms with Crippen LogP contribution in [0, 0.1) is 6.92 Å². The minimum Gasteiger partial charge on any atom is -0.377 e. The lowest BCUT2D eigenvalue weighted by molar-refractivity contribution is -0.122. The molecule has 1 fully saturated rings. The molecule has 1 aliphatic rings. The number of urea groups is 1. The number of amides is 4. The van der Waals surface area contributed by atoms with Gasteiger partial charge in [0.2, 0.25) is 0 Å². The Balaban J connectivity index is 2.02. The van der Waals surface area contributed by atoms with E-state index < -0.39 is 17.8 Å². The number of nitrogens with zero attached hydrogens (tertiary/aromatic N) is 2. The molecule has 0 bridgehead atoms. The Morgan fingerprint density at radius 1 is 1.07 bits per heavy atom. The van der Waals surface area contributed by atoms with Gasteiger partial charge >= 0.3 is 6.03 Å². The van der Waals surface area contributed by atoms with Crippen molar-refractivity contribution < 1.29 is 14.4 Å². The first-order valence-electron chi connectivity index (χ1n) is 8.23. The predicted octanol–water partition coefficient (Wildman–Crippen LogP) is 3.49. The Kier molecular flexibility index (Phi) is 5.14. The molecule has 0 spiro atoms. The molecule has 1 saturated heterocycles. The van der Waals surface area contributed by atoms with Crippen molar-refractivity contribution >= 4 is 51.2 Å². The maximum absolute atomic E-state index is 12.9. The molecule has 0 radical (unpaired) electrons. The molecule has 1 N–H and O–H groups in total. The van der Waals surface area contributed by atoms with Crippen LogP contribution in [0.25, 0.3) is 6.08 Å². The molecule has 7 heteroatoms. The minimum absolute atomic E-state index is 0.0950. The second kappa shape index (κ2) is 7.36. The van der Waals surface area contributed by atoms with Gasteiger partial charge in [0.25, 0.3) is 11.8 Å². The average Bonchev–Trinajstić information content (AvgIpc) is 2.60. The van der Waals surface area contributed by atoms with Crippen LogP contribution in [0.15, 0.2) is 52.5 Å². The van der Waals surface area contributed by atoms with E-state index in [1.165, 1.54) is 6.08 Å². The maximum Gasteiger partial charge on any atom is 0.335 e. The highest BCUT2D eigenvalue weighted by Crippen LogP contribution is 2.28. The molecular weight excluding hydrogens is 410 g/mol. The van der Waals surface area contributed by atoms with Gasteiger partial charge in [-0.3, -0.25) is 14.9 Å². The van der Waals surface area contributed by atoms with Crippen LogP contribution in [-0.2, 0) is 9.59 Å². The van der Waals surface area contributed by atoms with Crippen molar-refractivity contribution in [2.75, 3.05) is 23.9 Å². The van der Waals surface area contributed by atoms with Gasteiger partial charge in [-0.15, -0.1) is 0 Å². The van der Waals surface area contributed by atoms with E-state index in [-0.39, 0.29) is 5.57 Å². The number of anilines is 2. The number of nitrogens with one attached hydrogen (secondary N) is 1. The van der Waals surface area contributed by atoms with Crippen molar-refractivity contribution in [2.24, 2.45) is 0 Å². The fraction of sp³-hybridized carbons (Fsp3) is 0.150. The van der Waals surface area contributed by atoms with Gasteiger partial charge in [-0.25, -0.2) is 9.69 Å². The van der Waals surface area contributed by atoms with Gasteiger partial charge in [0.15, 0.2) is 0 Å². The van der Waals surface area contributed by atoms with E-state index >= 15 is 0 Å². The zero-order valence-electron chi connectivity index (χ0n) is 15.1. The van der Waals surface area contributed by atoms with Crippen LogP contribution in [0.5, 0.6) is 0 Å². The molecule has 4 amide bonds. The molecule has 0 aliphatic carbocycles. The lowest BCUT2D eigenvalue weighted by Gasteiger charge is -2.27. The standard InChI is InChI=1S/C20H18BrN3O3/c1-12-6-4-5-7-16(12)24-19(26)14(18(25)22-20(24)27)10-13-8-9-17(23(2)3)15(21)11-13/h4-11H,1-3H3,(H,22,25,27)/b14-10+. The van der Waals surface area contributed by atoms with E-state index in [4.69, 9.17) is 0 Å². The summed E-state index contributed by atoms with van der Waals surface area (Å²) in [4.78, 5) is 40.4. The summed E-state index contributed by atoms with van der Waals surface area (Å²) in [5.74, 6) is -1.35. The van der Waals surface area contributed by atoms with Crippen LogP contribution in [-0.4, -0.2) is 31.9 Å². The molecule has 3 rings (SSSR count). The van der Waals surface area contributed by atoms with Crippen LogP contribution in [0.1, 0.15) is 11.1 Å². The normalized spacial score (nSPS) is 15.9. The molecule has 1 aliphatic heterocycles. The number of hydrogen-bond acceptors (Lipinski definition) is 4. The Bertz CT molecular complexity index is 982. The van der Waals surface area contributed by atoms with E-state index in [1.54, 1.807) is 25.1 Å². The van der Waals surface area contributed by atoms with Crippen LogP contribution in [0.2, 0.25) is 0 Å². The highest BCUT2D eigenvalue weighted by atomic mass is 79.9. The first kappa shape index (κ1) is 18.8. The monoisotopic (exact) mass is 427 g/mol. The molecular formula is C20H18BrN3O3. The van der Waals surface area contributed by atoms with E-state index in [2.05, 4.69) is 21.2 Å². The van der Waals surface area contributed by atoms with Gasteiger partial charge < -0.3 is 4.90 Å². The lowest BCUT2D eigenvalue weighted by atomic mass is 10.1. The molecule has 0 saturated carbocycles. The van der Waals surface area contributed by atoms with Crippen molar-refractivity contribution in [1.29, 1.82) is 0 Å². The van der Waals surface area contributed by atoms with Crippen molar-refractivity contribution in [3.05, 3.63) is 63.6 Å². The molecule has 138 valence electrons. The van der Waals surface area contributed by atoms with E-state index in [9.17, 15) is 14.4 Å². The van der Waals surface area contributed by atoms with Crippen LogP contribution < -0.4 is 15.1 Å². The number of carbonyl (C=O) groups excluding carboxylic acids is 3. The number of rotatable bonds is 3. The summed E-state index contributed by atoms with van der Waals surface area (Å²) >= 11 is 3.49. The number of aryl methyl sites for hydroxylation is 1. The third-order valence-electron chi connectivity index (χ3n) is 4.22. The van der Waals surface area contributed by atoms with E-state index in [0.29, 0.717) is 11.3 Å². The van der Waals surface area contributed by atoms with Crippen molar-refractivity contribution in [3.63, 3.8) is 0 Å². The number of benzene rings is 2. The van der Waals surface area contributed by atoms with Gasteiger partial charge in [0.1, 0.15) is 5.57 Å². The minimum atomic E-state index is -0.749. The molecule has 27 heavy (non-hydrogen) atoms. The fourth-order valence-corrected chi connectivity index (χ4v) is 3.58. The first-order valence-corrected chi connectivity index (χ1v) is 9.03. The molecule has 0 unspecified atom stereocenters. The molecule has 2 aromatic rings. The van der Waals surface area contributed by atoms with Crippen molar-refractivity contribution in [1.82, 2.24) is 5.32 Å². The fourth-order valence-electron chi connectivity index (χ4n) is 2.83. The zero-order chi connectivity index (χ0) is 19.7. The van der Waals surface area contributed by atoms with Crippen LogP contribution in [0.4, 0.5) is 16.2 Å². The SMILES string of the molecule is Cc1ccccc1N1C(=O)NC(=O)/C(=C\c2ccc(N(C)C)c(Br)c2)C1=O. The summed E-state index contributed by atoms with van der Waals surface area (Å²) in [6.45, 7) is 1.80. The Hall–Kier alpha value is -2.93. The number of hydrogen-bond donors (Lipinski definition) is 1. The van der Waals surface area contributed by atoms with Gasteiger partial charge in [0.05, 0.1) is 11.4 Å². The summed E-state index contributed by atoms with van der Waals surface area (Å²) in [6, 6.07) is 11.8. The predicted molar refractivity (Wildman–Crippen MR) is 109 cm³/mol. The molecule has 1 heterocycles. The zero-order valence-corrected chi connectivity index (χ0v) is 16.7. The second-order valence-corrected chi connectivity index (χ2v) is 7.20. The topological polar surface area (TPSA) is 69.7 Å². The third-order valence-corrected chi connectivity index (χ3v) is 4.86. The summed E-state index contributed by atoms with van der Waals surface area (Å²) in [6.07, 6.45) is 1.49. The van der Waals surface area contributed by atoms with Gasteiger partial charge in [-0.05, 0) is 58.3 Å². The van der Waals surface area contributed by atoms with Gasteiger partial charge in [-0.2, -0.15) is 0 Å². The largest absolute Gasteiger partial charge is 0.377 e. The smallest absolute Gasteiger partial charge is 0.335 e. The highest BCUT2D eigenvalue weighted by molar-refractivity contribution is 9.10. The number of carbonyl (C=O) groups is 3. The van der Waals surface area contributed by atoms with Crippen LogP contribution in [0.3, 0.4) is 0 Å². The second-order valence-electron chi connectivity index (χ2n) is 6.35. The summed E-state index contributed by atoms with van der Waals surface area (Å²) < 4.78 is 0.831. The third kappa shape index (κ3) is 3.64. The highest BCUT2D eigenvalue weighted by Gasteiger charge is 2.37. The van der Waals surface area contributed by atoms with Crippen molar-refractivity contribution in [3.8, 4) is 0 Å². The van der Waals surface area contributed by atoms with E-state index in [1.807, 2.05) is 43.3 Å².